The van der Waals surface area contributed by atoms with Crippen molar-refractivity contribution in [2.45, 2.75) is 52.5 Å². The minimum Gasteiger partial charge on any atom is -0.481 e. The van der Waals surface area contributed by atoms with Gasteiger partial charge in [0.15, 0.2) is 0 Å². The number of amides is 1. The molecule has 0 bridgehead atoms. The monoisotopic (exact) mass is 258 g/mol. The first kappa shape index (κ1) is 16.9. The summed E-state index contributed by atoms with van der Waals surface area (Å²) < 4.78 is 0. The van der Waals surface area contributed by atoms with Crippen molar-refractivity contribution >= 4 is 11.9 Å². The second kappa shape index (κ2) is 8.91. The van der Waals surface area contributed by atoms with Gasteiger partial charge < -0.3 is 16.2 Å². The maximum Gasteiger partial charge on any atom is 0.303 e. The summed E-state index contributed by atoms with van der Waals surface area (Å²) in [5, 5.41) is 11.5. The maximum atomic E-state index is 11.4. The first-order valence-corrected chi connectivity index (χ1v) is 6.57. The number of hydrogen-bond donors (Lipinski definition) is 3. The number of carbonyl (C=O) groups is 2. The van der Waals surface area contributed by atoms with E-state index in [9.17, 15) is 9.59 Å². The molecule has 0 spiro atoms. The second-order valence-corrected chi connectivity index (χ2v) is 5.26. The van der Waals surface area contributed by atoms with Gasteiger partial charge in [-0.2, -0.15) is 0 Å². The van der Waals surface area contributed by atoms with E-state index in [1.807, 2.05) is 0 Å². The highest BCUT2D eigenvalue weighted by Crippen LogP contribution is 2.20. The first-order valence-electron chi connectivity index (χ1n) is 6.57. The fraction of sp³-hybridized carbons (Fsp3) is 0.846. The van der Waals surface area contributed by atoms with Crippen molar-refractivity contribution in [3.8, 4) is 0 Å². The molecule has 0 aliphatic heterocycles. The van der Waals surface area contributed by atoms with Gasteiger partial charge in [-0.3, -0.25) is 9.59 Å². The molecule has 0 rings (SSSR count). The van der Waals surface area contributed by atoms with Gasteiger partial charge in [-0.1, -0.05) is 13.8 Å². The number of aliphatic carboxylic acids is 1. The zero-order chi connectivity index (χ0) is 14.1. The predicted octanol–water partition coefficient (Wildman–Crippen LogP) is 1.37. The lowest BCUT2D eigenvalue weighted by atomic mass is 9.88. The molecule has 106 valence electrons. The molecule has 0 heterocycles. The van der Waals surface area contributed by atoms with E-state index in [4.69, 9.17) is 10.8 Å². The fourth-order valence-electron chi connectivity index (χ4n) is 1.88. The van der Waals surface area contributed by atoms with Crippen LogP contribution < -0.4 is 11.1 Å². The summed E-state index contributed by atoms with van der Waals surface area (Å²) in [6, 6.07) is -0.127. The molecular formula is C13H26N2O3. The summed E-state index contributed by atoms with van der Waals surface area (Å²) in [5.74, 6) is -0.0428. The van der Waals surface area contributed by atoms with Crippen molar-refractivity contribution in [2.75, 3.05) is 6.54 Å². The SMILES string of the molecule is CC(N)CC(=O)NCCC(CCC(=O)O)C(C)C. The Morgan fingerprint density at radius 3 is 2.28 bits per heavy atom. The summed E-state index contributed by atoms with van der Waals surface area (Å²) in [4.78, 5) is 21.9. The lowest BCUT2D eigenvalue weighted by Gasteiger charge is -2.20. The molecule has 2 unspecified atom stereocenters. The first-order chi connectivity index (χ1) is 8.32. The topological polar surface area (TPSA) is 92.4 Å². The Hall–Kier alpha value is -1.10. The minimum absolute atomic E-state index is 0.0364. The summed E-state index contributed by atoms with van der Waals surface area (Å²) in [7, 11) is 0. The van der Waals surface area contributed by atoms with Gasteiger partial charge in [0, 0.05) is 25.4 Å². The lowest BCUT2D eigenvalue weighted by Crippen LogP contribution is -2.31. The maximum absolute atomic E-state index is 11.4. The molecule has 0 aromatic carbocycles. The molecule has 0 aromatic rings. The van der Waals surface area contributed by atoms with E-state index in [1.54, 1.807) is 6.92 Å². The smallest absolute Gasteiger partial charge is 0.303 e. The van der Waals surface area contributed by atoms with Gasteiger partial charge in [-0.15, -0.1) is 0 Å². The van der Waals surface area contributed by atoms with Crippen LogP contribution >= 0.6 is 0 Å². The Bertz CT molecular complexity index is 265. The molecule has 0 aliphatic carbocycles. The summed E-state index contributed by atoms with van der Waals surface area (Å²) in [5.41, 5.74) is 5.53. The van der Waals surface area contributed by atoms with Crippen LogP contribution in [0, 0.1) is 11.8 Å². The normalized spacial score (nSPS) is 14.3. The molecule has 0 saturated heterocycles. The van der Waals surface area contributed by atoms with E-state index in [0.717, 1.165) is 6.42 Å². The molecule has 0 aliphatic rings. The van der Waals surface area contributed by atoms with Gasteiger partial charge in [0.2, 0.25) is 5.91 Å². The van der Waals surface area contributed by atoms with Crippen LogP contribution in [-0.2, 0) is 9.59 Å². The molecule has 4 N–H and O–H groups in total. The molecule has 18 heavy (non-hydrogen) atoms. The van der Waals surface area contributed by atoms with Crippen LogP contribution in [0.3, 0.4) is 0 Å². The highest BCUT2D eigenvalue weighted by atomic mass is 16.4. The zero-order valence-electron chi connectivity index (χ0n) is 11.6. The van der Waals surface area contributed by atoms with E-state index >= 15 is 0 Å². The number of nitrogens with one attached hydrogen (secondary N) is 1. The third kappa shape index (κ3) is 8.98. The Morgan fingerprint density at radius 2 is 1.83 bits per heavy atom. The number of carbonyl (C=O) groups excluding carboxylic acids is 1. The number of carboxylic acids is 1. The predicted molar refractivity (Wildman–Crippen MR) is 71.1 cm³/mol. The molecular weight excluding hydrogens is 232 g/mol. The van der Waals surface area contributed by atoms with Gasteiger partial charge in [-0.05, 0) is 31.6 Å². The molecule has 1 amide bonds. The van der Waals surface area contributed by atoms with Gasteiger partial charge in [0.05, 0.1) is 0 Å². The van der Waals surface area contributed by atoms with Gasteiger partial charge >= 0.3 is 5.97 Å². The third-order valence-electron chi connectivity index (χ3n) is 3.02. The highest BCUT2D eigenvalue weighted by Gasteiger charge is 2.15. The zero-order valence-corrected chi connectivity index (χ0v) is 11.6. The highest BCUT2D eigenvalue weighted by molar-refractivity contribution is 5.76. The second-order valence-electron chi connectivity index (χ2n) is 5.26. The van der Waals surface area contributed by atoms with E-state index in [1.165, 1.54) is 0 Å². The molecule has 5 heteroatoms. The Morgan fingerprint density at radius 1 is 1.22 bits per heavy atom. The number of carboxylic acid groups (broad SMARTS) is 1. The third-order valence-corrected chi connectivity index (χ3v) is 3.02. The van der Waals surface area contributed by atoms with Crippen LogP contribution in [0.5, 0.6) is 0 Å². The molecule has 0 fully saturated rings. The standard InChI is InChI=1S/C13H26N2O3/c1-9(2)11(4-5-13(17)18)6-7-15-12(16)8-10(3)14/h9-11H,4-8,14H2,1-3H3,(H,15,16)(H,17,18). The molecule has 0 aromatic heterocycles. The van der Waals surface area contributed by atoms with E-state index in [2.05, 4.69) is 19.2 Å². The van der Waals surface area contributed by atoms with Crippen LogP contribution in [0.25, 0.3) is 0 Å². The van der Waals surface area contributed by atoms with Gasteiger partial charge in [0.1, 0.15) is 0 Å². The van der Waals surface area contributed by atoms with Crippen LogP contribution in [-0.4, -0.2) is 29.6 Å². The van der Waals surface area contributed by atoms with Crippen molar-refractivity contribution in [3.63, 3.8) is 0 Å². The van der Waals surface area contributed by atoms with Crippen molar-refractivity contribution < 1.29 is 14.7 Å². The summed E-state index contributed by atoms with van der Waals surface area (Å²) in [6.07, 6.45) is 2.00. The summed E-state index contributed by atoms with van der Waals surface area (Å²) in [6.45, 7) is 6.55. The Kier molecular flexibility index (Phi) is 8.37. The Balaban J connectivity index is 3.90. The minimum atomic E-state index is -0.762. The van der Waals surface area contributed by atoms with E-state index in [-0.39, 0.29) is 18.4 Å². The van der Waals surface area contributed by atoms with Crippen LogP contribution in [0.15, 0.2) is 0 Å². The van der Waals surface area contributed by atoms with Crippen LogP contribution in [0.1, 0.15) is 46.5 Å². The van der Waals surface area contributed by atoms with Crippen molar-refractivity contribution in [1.29, 1.82) is 0 Å². The molecule has 5 nitrogen and oxygen atoms in total. The van der Waals surface area contributed by atoms with E-state index < -0.39 is 5.97 Å². The quantitative estimate of drug-likeness (QED) is 0.582. The van der Waals surface area contributed by atoms with E-state index in [0.29, 0.717) is 31.2 Å². The number of nitrogens with two attached hydrogens (primary N) is 1. The van der Waals surface area contributed by atoms with Crippen molar-refractivity contribution in [2.24, 2.45) is 17.6 Å². The van der Waals surface area contributed by atoms with Crippen LogP contribution in [0.2, 0.25) is 0 Å². The largest absolute Gasteiger partial charge is 0.481 e. The van der Waals surface area contributed by atoms with Crippen molar-refractivity contribution in [1.82, 2.24) is 5.32 Å². The molecule has 0 radical (unpaired) electrons. The molecule has 0 saturated carbocycles. The lowest BCUT2D eigenvalue weighted by molar-refractivity contribution is -0.137. The average Bonchev–Trinajstić information content (AvgIpc) is 2.20. The van der Waals surface area contributed by atoms with Gasteiger partial charge in [-0.25, -0.2) is 0 Å². The fourth-order valence-corrected chi connectivity index (χ4v) is 1.88. The number of rotatable bonds is 9. The van der Waals surface area contributed by atoms with Gasteiger partial charge in [0.25, 0.3) is 0 Å². The summed E-state index contributed by atoms with van der Waals surface area (Å²) >= 11 is 0. The van der Waals surface area contributed by atoms with Crippen molar-refractivity contribution in [3.05, 3.63) is 0 Å². The average molecular weight is 258 g/mol. The Labute approximate surface area is 109 Å². The number of hydrogen-bond acceptors (Lipinski definition) is 3. The molecule has 2 atom stereocenters. The van der Waals surface area contributed by atoms with Crippen LogP contribution in [0.4, 0.5) is 0 Å².